The van der Waals surface area contributed by atoms with Gasteiger partial charge in [0, 0.05) is 32.5 Å². The number of carbonyl (C=O) groups is 1. The summed E-state index contributed by atoms with van der Waals surface area (Å²) in [5.74, 6) is -0.000711. The second kappa shape index (κ2) is 9.07. The second-order valence-electron chi connectivity index (χ2n) is 5.77. The third-order valence-corrected chi connectivity index (χ3v) is 4.73. The van der Waals surface area contributed by atoms with Gasteiger partial charge < -0.3 is 10.0 Å². The quantitative estimate of drug-likeness (QED) is 0.783. The Balaban J connectivity index is 2.19. The summed E-state index contributed by atoms with van der Waals surface area (Å²) in [5, 5.41) is 10.4. The predicted octanol–water partition coefficient (Wildman–Crippen LogP) is 4.51. The molecule has 3 nitrogen and oxygen atoms in total. The highest BCUT2D eigenvalue weighted by Gasteiger charge is 2.19. The van der Waals surface area contributed by atoms with Crippen LogP contribution in [0.2, 0.25) is 10.0 Å². The molecule has 0 saturated heterocycles. The molecule has 0 aliphatic heterocycles. The highest BCUT2D eigenvalue weighted by molar-refractivity contribution is 6.42. The van der Waals surface area contributed by atoms with E-state index in [2.05, 4.69) is 0 Å². The molecule has 0 aliphatic rings. The third-order valence-electron chi connectivity index (χ3n) is 3.99. The summed E-state index contributed by atoms with van der Waals surface area (Å²) in [7, 11) is 0. The Morgan fingerprint density at radius 2 is 1.83 bits per heavy atom. The van der Waals surface area contributed by atoms with Gasteiger partial charge in [0.25, 0.3) is 0 Å². The first-order valence-electron chi connectivity index (χ1n) is 7.86. The lowest BCUT2D eigenvalue weighted by Gasteiger charge is -2.27. The maximum atomic E-state index is 12.1. The van der Waals surface area contributed by atoms with Gasteiger partial charge in [-0.2, -0.15) is 0 Å². The summed E-state index contributed by atoms with van der Waals surface area (Å²) in [5.41, 5.74) is 2.04. The van der Waals surface area contributed by atoms with Gasteiger partial charge in [0.1, 0.15) is 0 Å². The van der Waals surface area contributed by atoms with E-state index in [1.165, 1.54) is 0 Å². The van der Waals surface area contributed by atoms with Crippen molar-refractivity contribution >= 4 is 29.1 Å². The van der Waals surface area contributed by atoms with E-state index >= 15 is 0 Å². The molecule has 2 aromatic carbocycles. The molecule has 0 aliphatic carbocycles. The molecule has 0 radical (unpaired) electrons. The molecule has 1 atom stereocenters. The van der Waals surface area contributed by atoms with Crippen molar-refractivity contribution in [3.05, 3.63) is 69.7 Å². The standard InChI is InChI=1S/C19H21Cl2NO2/c1-14(24)22(12-15-5-3-2-4-6-15)13-17(9-10-23)16-7-8-18(20)19(21)11-16/h2-8,11,17,23H,9-10,12-13H2,1H3. The van der Waals surface area contributed by atoms with Crippen LogP contribution in [-0.2, 0) is 11.3 Å². The summed E-state index contributed by atoms with van der Waals surface area (Å²) in [4.78, 5) is 13.8. The van der Waals surface area contributed by atoms with Crippen LogP contribution in [0.1, 0.15) is 30.4 Å². The largest absolute Gasteiger partial charge is 0.396 e. The smallest absolute Gasteiger partial charge is 0.219 e. The van der Waals surface area contributed by atoms with E-state index in [1.54, 1.807) is 17.9 Å². The lowest BCUT2D eigenvalue weighted by Crippen LogP contribution is -2.32. The SMILES string of the molecule is CC(=O)N(Cc1ccccc1)CC(CCO)c1ccc(Cl)c(Cl)c1. The van der Waals surface area contributed by atoms with E-state index in [0.717, 1.165) is 11.1 Å². The fraction of sp³-hybridized carbons (Fsp3) is 0.316. The Labute approximate surface area is 152 Å². The van der Waals surface area contributed by atoms with E-state index in [-0.39, 0.29) is 18.4 Å². The molecule has 0 heterocycles. The van der Waals surface area contributed by atoms with Crippen molar-refractivity contribution in [3.63, 3.8) is 0 Å². The zero-order chi connectivity index (χ0) is 17.5. The van der Waals surface area contributed by atoms with Crippen LogP contribution in [0.4, 0.5) is 0 Å². The fourth-order valence-corrected chi connectivity index (χ4v) is 2.97. The molecule has 2 aromatic rings. The lowest BCUT2D eigenvalue weighted by molar-refractivity contribution is -0.129. The number of hydrogen-bond acceptors (Lipinski definition) is 2. The summed E-state index contributed by atoms with van der Waals surface area (Å²) in [6, 6.07) is 15.3. The maximum Gasteiger partial charge on any atom is 0.219 e. The average Bonchev–Trinajstić information content (AvgIpc) is 2.57. The van der Waals surface area contributed by atoms with E-state index in [0.29, 0.717) is 29.6 Å². The number of aliphatic hydroxyl groups excluding tert-OH is 1. The first-order chi connectivity index (χ1) is 11.5. The number of halogens is 2. The maximum absolute atomic E-state index is 12.1. The Hall–Kier alpha value is -1.55. The summed E-state index contributed by atoms with van der Waals surface area (Å²) < 4.78 is 0. The van der Waals surface area contributed by atoms with Crippen molar-refractivity contribution in [1.29, 1.82) is 0 Å². The molecule has 5 heteroatoms. The Morgan fingerprint density at radius 1 is 1.12 bits per heavy atom. The van der Waals surface area contributed by atoms with Gasteiger partial charge in [0.15, 0.2) is 0 Å². The van der Waals surface area contributed by atoms with E-state index in [9.17, 15) is 9.90 Å². The van der Waals surface area contributed by atoms with Crippen molar-refractivity contribution in [2.75, 3.05) is 13.2 Å². The van der Waals surface area contributed by atoms with Crippen molar-refractivity contribution in [1.82, 2.24) is 4.90 Å². The number of aliphatic hydroxyl groups is 1. The average molecular weight is 366 g/mol. The number of amides is 1. The summed E-state index contributed by atoms with van der Waals surface area (Å²) >= 11 is 12.1. The van der Waals surface area contributed by atoms with Crippen molar-refractivity contribution < 1.29 is 9.90 Å². The topological polar surface area (TPSA) is 40.5 Å². The van der Waals surface area contributed by atoms with Gasteiger partial charge in [0.05, 0.1) is 10.0 Å². The molecule has 1 unspecified atom stereocenters. The molecule has 2 rings (SSSR count). The van der Waals surface area contributed by atoms with Gasteiger partial charge in [-0.25, -0.2) is 0 Å². The van der Waals surface area contributed by atoms with Crippen molar-refractivity contribution in [2.45, 2.75) is 25.8 Å². The van der Waals surface area contributed by atoms with Crippen LogP contribution >= 0.6 is 23.2 Å². The molecule has 0 saturated carbocycles. The second-order valence-corrected chi connectivity index (χ2v) is 6.58. The van der Waals surface area contributed by atoms with Crippen LogP contribution in [0.15, 0.2) is 48.5 Å². The van der Waals surface area contributed by atoms with Gasteiger partial charge in [0.2, 0.25) is 5.91 Å². The van der Waals surface area contributed by atoms with Crippen LogP contribution in [0.5, 0.6) is 0 Å². The molecular weight excluding hydrogens is 345 g/mol. The molecule has 1 amide bonds. The molecule has 0 spiro atoms. The fourth-order valence-electron chi connectivity index (χ4n) is 2.66. The van der Waals surface area contributed by atoms with Crippen LogP contribution in [0.3, 0.4) is 0 Å². The summed E-state index contributed by atoms with van der Waals surface area (Å²) in [6.45, 7) is 2.66. The van der Waals surface area contributed by atoms with E-state index < -0.39 is 0 Å². The van der Waals surface area contributed by atoms with Gasteiger partial charge >= 0.3 is 0 Å². The first-order valence-corrected chi connectivity index (χ1v) is 8.62. The molecule has 24 heavy (non-hydrogen) atoms. The minimum atomic E-state index is -0.00243. The molecule has 128 valence electrons. The third kappa shape index (κ3) is 5.23. The highest BCUT2D eigenvalue weighted by atomic mass is 35.5. The van der Waals surface area contributed by atoms with Crippen LogP contribution in [0.25, 0.3) is 0 Å². The van der Waals surface area contributed by atoms with Crippen molar-refractivity contribution in [3.8, 4) is 0 Å². The Morgan fingerprint density at radius 3 is 2.42 bits per heavy atom. The van der Waals surface area contributed by atoms with Gasteiger partial charge in [-0.15, -0.1) is 0 Å². The molecule has 0 bridgehead atoms. The number of nitrogens with zero attached hydrogens (tertiary/aromatic N) is 1. The minimum absolute atomic E-state index is 0.00172. The zero-order valence-electron chi connectivity index (χ0n) is 13.6. The van der Waals surface area contributed by atoms with Crippen molar-refractivity contribution in [2.24, 2.45) is 0 Å². The van der Waals surface area contributed by atoms with Gasteiger partial charge in [-0.3, -0.25) is 4.79 Å². The van der Waals surface area contributed by atoms with E-state index in [1.807, 2.05) is 42.5 Å². The lowest BCUT2D eigenvalue weighted by atomic mass is 9.95. The monoisotopic (exact) mass is 365 g/mol. The predicted molar refractivity (Wildman–Crippen MR) is 98.4 cm³/mol. The van der Waals surface area contributed by atoms with Crippen LogP contribution in [-0.4, -0.2) is 29.1 Å². The molecule has 0 aromatic heterocycles. The van der Waals surface area contributed by atoms with E-state index in [4.69, 9.17) is 23.2 Å². The number of benzene rings is 2. The normalized spacial score (nSPS) is 12.0. The van der Waals surface area contributed by atoms with Gasteiger partial charge in [-0.1, -0.05) is 59.6 Å². The zero-order valence-corrected chi connectivity index (χ0v) is 15.1. The minimum Gasteiger partial charge on any atom is -0.396 e. The molecule has 1 N–H and O–H groups in total. The number of carbonyl (C=O) groups excluding carboxylic acids is 1. The molecule has 0 fully saturated rings. The van der Waals surface area contributed by atoms with Gasteiger partial charge in [-0.05, 0) is 29.7 Å². The Bertz CT molecular complexity index is 676. The number of hydrogen-bond donors (Lipinski definition) is 1. The number of rotatable bonds is 7. The summed E-state index contributed by atoms with van der Waals surface area (Å²) in [6.07, 6.45) is 0.552. The highest BCUT2D eigenvalue weighted by Crippen LogP contribution is 2.29. The Kier molecular flexibility index (Phi) is 7.10. The van der Waals surface area contributed by atoms with Crippen LogP contribution < -0.4 is 0 Å². The molecular formula is C19H21Cl2NO2. The first kappa shape index (κ1) is 18.8. The van der Waals surface area contributed by atoms with Crippen LogP contribution in [0, 0.1) is 0 Å².